The second-order valence-corrected chi connectivity index (χ2v) is 6.15. The van der Waals surface area contributed by atoms with Gasteiger partial charge in [-0.15, -0.1) is 0 Å². The van der Waals surface area contributed by atoms with Crippen molar-refractivity contribution in [2.24, 2.45) is 5.92 Å². The van der Waals surface area contributed by atoms with Gasteiger partial charge in [-0.3, -0.25) is 0 Å². The van der Waals surface area contributed by atoms with E-state index >= 15 is 0 Å². The molecule has 1 rings (SSSR count). The van der Waals surface area contributed by atoms with E-state index in [2.05, 4.69) is 34.7 Å². The summed E-state index contributed by atoms with van der Waals surface area (Å²) in [5.74, 6) is 0.765. The molecular formula is C13H24BrNO2. The highest BCUT2D eigenvalue weighted by atomic mass is 79.9. The van der Waals surface area contributed by atoms with E-state index < -0.39 is 6.10 Å². The fraction of sp³-hybridized carbons (Fsp3) is 0.846. The Morgan fingerprint density at radius 3 is 3.00 bits per heavy atom. The van der Waals surface area contributed by atoms with Crippen LogP contribution in [-0.2, 0) is 4.74 Å². The van der Waals surface area contributed by atoms with Crippen molar-refractivity contribution >= 4 is 15.9 Å². The lowest BCUT2D eigenvalue weighted by Gasteiger charge is -2.27. The molecule has 17 heavy (non-hydrogen) atoms. The zero-order chi connectivity index (χ0) is 12.7. The van der Waals surface area contributed by atoms with E-state index in [9.17, 15) is 5.11 Å². The molecule has 0 aliphatic heterocycles. The number of aliphatic hydroxyl groups is 1. The molecule has 1 aliphatic carbocycles. The molecule has 100 valence electrons. The molecule has 1 saturated carbocycles. The lowest BCUT2D eigenvalue weighted by molar-refractivity contribution is -0.0303. The van der Waals surface area contributed by atoms with Crippen LogP contribution in [0.1, 0.15) is 32.6 Å². The molecule has 1 fully saturated rings. The Morgan fingerprint density at radius 1 is 1.59 bits per heavy atom. The van der Waals surface area contributed by atoms with Gasteiger partial charge in [0.2, 0.25) is 0 Å². The quantitative estimate of drug-likeness (QED) is 0.759. The van der Waals surface area contributed by atoms with Gasteiger partial charge in [0.05, 0.1) is 18.8 Å². The van der Waals surface area contributed by atoms with Gasteiger partial charge < -0.3 is 15.2 Å². The predicted octanol–water partition coefficient (Wildman–Crippen LogP) is 2.44. The zero-order valence-corrected chi connectivity index (χ0v) is 12.2. The highest BCUT2D eigenvalue weighted by molar-refractivity contribution is 9.11. The summed E-state index contributed by atoms with van der Waals surface area (Å²) in [6, 6.07) is 0. The number of ether oxygens (including phenoxy) is 1. The maximum absolute atomic E-state index is 9.73. The van der Waals surface area contributed by atoms with Crippen LogP contribution >= 0.6 is 15.9 Å². The van der Waals surface area contributed by atoms with Crippen molar-refractivity contribution in [3.63, 3.8) is 0 Å². The predicted molar refractivity (Wildman–Crippen MR) is 74.3 cm³/mol. The van der Waals surface area contributed by atoms with E-state index in [1.807, 2.05) is 0 Å². The molecule has 0 spiro atoms. The molecule has 3 nitrogen and oxygen atoms in total. The molecule has 0 bridgehead atoms. The first-order valence-corrected chi connectivity index (χ1v) is 7.21. The summed E-state index contributed by atoms with van der Waals surface area (Å²) in [5.41, 5.74) is 0. The van der Waals surface area contributed by atoms with Crippen LogP contribution in [0.2, 0.25) is 0 Å². The van der Waals surface area contributed by atoms with Gasteiger partial charge in [0, 0.05) is 17.6 Å². The summed E-state index contributed by atoms with van der Waals surface area (Å²) in [6.45, 7) is 7.65. The van der Waals surface area contributed by atoms with Crippen LogP contribution in [0.3, 0.4) is 0 Å². The molecule has 0 aromatic rings. The first-order chi connectivity index (χ1) is 8.08. The topological polar surface area (TPSA) is 41.5 Å². The summed E-state index contributed by atoms with van der Waals surface area (Å²) in [6.07, 6.45) is 4.76. The summed E-state index contributed by atoms with van der Waals surface area (Å²) in [5, 5.41) is 12.8. The van der Waals surface area contributed by atoms with E-state index in [4.69, 9.17) is 4.74 Å². The van der Waals surface area contributed by atoms with Crippen molar-refractivity contribution in [3.05, 3.63) is 11.1 Å². The minimum absolute atomic E-state index is 0.347. The summed E-state index contributed by atoms with van der Waals surface area (Å²) in [4.78, 5) is 0. The standard InChI is InChI=1S/C13H24BrNO2/c1-10-4-3-5-13(6-10)17-9-12(16)8-15-7-11(2)14/h10,12-13,15-16H,2-9H2,1H3. The molecule has 3 unspecified atom stereocenters. The van der Waals surface area contributed by atoms with Gasteiger partial charge in [-0.05, 0) is 18.8 Å². The first kappa shape index (κ1) is 15.2. The third-order valence-corrected chi connectivity index (χ3v) is 3.39. The lowest BCUT2D eigenvalue weighted by atomic mass is 9.89. The number of aliphatic hydroxyl groups excluding tert-OH is 1. The molecule has 1 aliphatic rings. The molecule has 0 radical (unpaired) electrons. The fourth-order valence-corrected chi connectivity index (χ4v) is 2.41. The highest BCUT2D eigenvalue weighted by Crippen LogP contribution is 2.25. The average molecular weight is 306 g/mol. The smallest absolute Gasteiger partial charge is 0.0897 e. The molecule has 4 heteroatoms. The van der Waals surface area contributed by atoms with E-state index in [0.717, 1.165) is 23.2 Å². The van der Waals surface area contributed by atoms with Crippen LogP contribution in [0.25, 0.3) is 0 Å². The molecule has 0 aromatic heterocycles. The molecule has 0 saturated heterocycles. The third kappa shape index (κ3) is 7.19. The van der Waals surface area contributed by atoms with Gasteiger partial charge in [-0.2, -0.15) is 0 Å². The Hall–Kier alpha value is 0.1000. The van der Waals surface area contributed by atoms with Crippen molar-refractivity contribution in [3.8, 4) is 0 Å². The van der Waals surface area contributed by atoms with Crippen molar-refractivity contribution in [2.45, 2.75) is 44.8 Å². The summed E-state index contributed by atoms with van der Waals surface area (Å²) < 4.78 is 6.64. The highest BCUT2D eigenvalue weighted by Gasteiger charge is 2.20. The molecular weight excluding hydrogens is 282 g/mol. The number of hydrogen-bond acceptors (Lipinski definition) is 3. The van der Waals surface area contributed by atoms with Crippen molar-refractivity contribution in [1.29, 1.82) is 0 Å². The van der Waals surface area contributed by atoms with Gasteiger partial charge in [0.15, 0.2) is 0 Å². The Labute approximate surface area is 113 Å². The number of nitrogens with one attached hydrogen (secondary N) is 1. The van der Waals surface area contributed by atoms with Gasteiger partial charge >= 0.3 is 0 Å². The van der Waals surface area contributed by atoms with Gasteiger partial charge in [-0.25, -0.2) is 0 Å². The van der Waals surface area contributed by atoms with E-state index in [1.54, 1.807) is 0 Å². The number of hydrogen-bond donors (Lipinski definition) is 2. The van der Waals surface area contributed by atoms with Crippen LogP contribution in [0, 0.1) is 5.92 Å². The van der Waals surface area contributed by atoms with Crippen molar-refractivity contribution < 1.29 is 9.84 Å². The SMILES string of the molecule is C=C(Br)CNCC(O)COC1CCCC(C)C1. The van der Waals surface area contributed by atoms with Crippen molar-refractivity contribution in [2.75, 3.05) is 19.7 Å². The van der Waals surface area contributed by atoms with E-state index in [0.29, 0.717) is 25.8 Å². The third-order valence-electron chi connectivity index (χ3n) is 3.11. The molecule has 0 aromatic carbocycles. The Kier molecular flexibility index (Phi) is 7.35. The number of halogens is 1. The molecule has 3 atom stereocenters. The van der Waals surface area contributed by atoms with E-state index in [1.165, 1.54) is 12.8 Å². The lowest BCUT2D eigenvalue weighted by Crippen LogP contribution is -2.33. The molecule has 0 heterocycles. The zero-order valence-electron chi connectivity index (χ0n) is 10.6. The van der Waals surface area contributed by atoms with Crippen LogP contribution in [0.15, 0.2) is 11.1 Å². The first-order valence-electron chi connectivity index (χ1n) is 6.41. The van der Waals surface area contributed by atoms with Crippen LogP contribution in [0.5, 0.6) is 0 Å². The fourth-order valence-electron chi connectivity index (χ4n) is 2.21. The van der Waals surface area contributed by atoms with Gasteiger partial charge in [0.25, 0.3) is 0 Å². The summed E-state index contributed by atoms with van der Waals surface area (Å²) >= 11 is 3.26. The maximum atomic E-state index is 9.73. The Bertz CT molecular complexity index is 235. The van der Waals surface area contributed by atoms with Crippen LogP contribution < -0.4 is 5.32 Å². The largest absolute Gasteiger partial charge is 0.389 e. The monoisotopic (exact) mass is 305 g/mol. The van der Waals surface area contributed by atoms with Crippen LogP contribution in [-0.4, -0.2) is 37.0 Å². The van der Waals surface area contributed by atoms with E-state index in [-0.39, 0.29) is 0 Å². The minimum atomic E-state index is -0.431. The Balaban J connectivity index is 2.06. The summed E-state index contributed by atoms with van der Waals surface area (Å²) in [7, 11) is 0. The van der Waals surface area contributed by atoms with Crippen LogP contribution in [0.4, 0.5) is 0 Å². The second kappa shape index (κ2) is 8.25. The minimum Gasteiger partial charge on any atom is -0.389 e. The molecule has 2 N–H and O–H groups in total. The van der Waals surface area contributed by atoms with Gasteiger partial charge in [-0.1, -0.05) is 42.3 Å². The average Bonchev–Trinajstić information content (AvgIpc) is 2.26. The normalized spacial score (nSPS) is 26.8. The van der Waals surface area contributed by atoms with Crippen molar-refractivity contribution in [1.82, 2.24) is 5.32 Å². The second-order valence-electron chi connectivity index (χ2n) is 5.03. The number of rotatable bonds is 7. The Morgan fingerprint density at radius 2 is 2.35 bits per heavy atom. The maximum Gasteiger partial charge on any atom is 0.0897 e. The molecule has 0 amide bonds. The van der Waals surface area contributed by atoms with Gasteiger partial charge in [0.1, 0.15) is 0 Å².